The third kappa shape index (κ3) is 3.18. The molecule has 1 aromatic heterocycles. The van der Waals surface area contributed by atoms with Crippen molar-refractivity contribution in [3.63, 3.8) is 0 Å². The van der Waals surface area contributed by atoms with Crippen LogP contribution in [0.2, 0.25) is 0 Å². The maximum atomic E-state index is 12.1. The number of ether oxygens (including phenoxy) is 1. The second kappa shape index (κ2) is 5.91. The van der Waals surface area contributed by atoms with Gasteiger partial charge in [0.2, 0.25) is 5.78 Å². The van der Waals surface area contributed by atoms with Gasteiger partial charge in [-0.1, -0.05) is 28.9 Å². The molecule has 2 rings (SSSR count). The summed E-state index contributed by atoms with van der Waals surface area (Å²) in [6.07, 6.45) is 0. The van der Waals surface area contributed by atoms with E-state index in [4.69, 9.17) is 9.26 Å². The molecule has 0 amide bonds. The molecular weight excluding hydrogens is 270 g/mol. The third-order valence-corrected chi connectivity index (χ3v) is 3.25. The molecule has 0 aliphatic heterocycles. The lowest BCUT2D eigenvalue weighted by Gasteiger charge is -2.07. The van der Waals surface area contributed by atoms with Crippen LogP contribution < -0.4 is 0 Å². The van der Waals surface area contributed by atoms with Crippen LogP contribution in [0, 0.1) is 27.7 Å². The highest BCUT2D eigenvalue weighted by molar-refractivity contribution is 6.00. The van der Waals surface area contributed by atoms with E-state index in [1.54, 1.807) is 19.9 Å². The molecule has 1 aromatic carbocycles. The zero-order valence-corrected chi connectivity index (χ0v) is 12.5. The van der Waals surface area contributed by atoms with Crippen LogP contribution in [0.3, 0.4) is 0 Å². The average Bonchev–Trinajstić information content (AvgIpc) is 2.75. The predicted octanol–water partition coefficient (Wildman–Crippen LogP) is 2.95. The van der Waals surface area contributed by atoms with Crippen molar-refractivity contribution in [2.75, 3.05) is 6.61 Å². The lowest BCUT2D eigenvalue weighted by Crippen LogP contribution is -2.16. The van der Waals surface area contributed by atoms with E-state index in [9.17, 15) is 9.59 Å². The molecule has 2 aromatic rings. The van der Waals surface area contributed by atoms with Gasteiger partial charge in [0.15, 0.2) is 6.61 Å². The van der Waals surface area contributed by atoms with E-state index in [1.165, 1.54) is 0 Å². The van der Waals surface area contributed by atoms with Crippen molar-refractivity contribution in [2.45, 2.75) is 27.7 Å². The average molecular weight is 287 g/mol. The van der Waals surface area contributed by atoms with Gasteiger partial charge in [0.25, 0.3) is 0 Å². The van der Waals surface area contributed by atoms with Crippen molar-refractivity contribution in [2.24, 2.45) is 0 Å². The van der Waals surface area contributed by atoms with Crippen molar-refractivity contribution in [3.05, 3.63) is 51.9 Å². The fraction of sp³-hybridized carbons (Fsp3) is 0.312. The molecule has 0 saturated carbocycles. The summed E-state index contributed by atoms with van der Waals surface area (Å²) in [5, 5.41) is 3.69. The number of esters is 1. The van der Waals surface area contributed by atoms with Gasteiger partial charge in [-0.05, 0) is 33.3 Å². The van der Waals surface area contributed by atoms with Crippen LogP contribution in [0.5, 0.6) is 0 Å². The van der Waals surface area contributed by atoms with Gasteiger partial charge in [0.05, 0.1) is 5.69 Å². The fourth-order valence-corrected chi connectivity index (χ4v) is 2.18. The molecule has 0 N–H and O–H groups in total. The summed E-state index contributed by atoms with van der Waals surface area (Å²) in [7, 11) is 0. The van der Waals surface area contributed by atoms with E-state index in [-0.39, 0.29) is 18.0 Å². The Morgan fingerprint density at radius 2 is 1.90 bits per heavy atom. The maximum absolute atomic E-state index is 12.1. The molecule has 0 aliphatic carbocycles. The topological polar surface area (TPSA) is 69.4 Å². The molecular formula is C16H17NO4. The Morgan fingerprint density at radius 3 is 2.48 bits per heavy atom. The number of carbonyl (C=O) groups excluding carboxylic acids is 2. The lowest BCUT2D eigenvalue weighted by atomic mass is 10.0. The van der Waals surface area contributed by atoms with E-state index < -0.39 is 5.97 Å². The van der Waals surface area contributed by atoms with Crippen molar-refractivity contribution in [1.29, 1.82) is 0 Å². The predicted molar refractivity (Wildman–Crippen MR) is 76.5 cm³/mol. The summed E-state index contributed by atoms with van der Waals surface area (Å²) in [6.45, 7) is 6.80. The first-order valence-electron chi connectivity index (χ1n) is 6.60. The van der Waals surface area contributed by atoms with Crippen LogP contribution in [-0.2, 0) is 4.74 Å². The second-order valence-electron chi connectivity index (χ2n) is 5.02. The SMILES string of the molecule is Cc1ccc(C(=O)COC(=O)c2c(C)noc2C)c(C)c1. The summed E-state index contributed by atoms with van der Waals surface area (Å²) in [4.78, 5) is 24.1. The number of carbonyl (C=O) groups is 2. The number of hydrogen-bond donors (Lipinski definition) is 0. The minimum Gasteiger partial charge on any atom is -0.454 e. The minimum atomic E-state index is -0.593. The first-order chi connectivity index (χ1) is 9.90. The number of hydrogen-bond acceptors (Lipinski definition) is 5. The van der Waals surface area contributed by atoms with E-state index in [0.717, 1.165) is 11.1 Å². The Kier molecular flexibility index (Phi) is 4.21. The van der Waals surface area contributed by atoms with Crippen LogP contribution >= 0.6 is 0 Å². The van der Waals surface area contributed by atoms with Crippen molar-refractivity contribution >= 4 is 11.8 Å². The van der Waals surface area contributed by atoms with Gasteiger partial charge in [-0.3, -0.25) is 4.79 Å². The lowest BCUT2D eigenvalue weighted by molar-refractivity contribution is 0.0472. The third-order valence-electron chi connectivity index (χ3n) is 3.25. The van der Waals surface area contributed by atoms with E-state index in [0.29, 0.717) is 17.0 Å². The number of benzene rings is 1. The first kappa shape index (κ1) is 15.0. The Bertz CT molecular complexity index is 681. The molecule has 0 bridgehead atoms. The van der Waals surface area contributed by atoms with Crippen LogP contribution in [0.4, 0.5) is 0 Å². The molecule has 0 aliphatic rings. The maximum Gasteiger partial charge on any atom is 0.344 e. The van der Waals surface area contributed by atoms with Gasteiger partial charge < -0.3 is 9.26 Å². The van der Waals surface area contributed by atoms with Crippen LogP contribution in [0.15, 0.2) is 22.7 Å². The van der Waals surface area contributed by atoms with E-state index in [1.807, 2.05) is 26.0 Å². The molecule has 0 unspecified atom stereocenters. The van der Waals surface area contributed by atoms with Gasteiger partial charge >= 0.3 is 5.97 Å². The summed E-state index contributed by atoms with van der Waals surface area (Å²) >= 11 is 0. The molecule has 5 nitrogen and oxygen atoms in total. The van der Waals surface area contributed by atoms with Crippen LogP contribution in [0.1, 0.15) is 43.3 Å². The van der Waals surface area contributed by atoms with Crippen LogP contribution in [0.25, 0.3) is 0 Å². The monoisotopic (exact) mass is 287 g/mol. The number of Topliss-reactive ketones (excluding diaryl/α,β-unsaturated/α-hetero) is 1. The highest BCUT2D eigenvalue weighted by atomic mass is 16.5. The van der Waals surface area contributed by atoms with Gasteiger partial charge in [0, 0.05) is 5.56 Å². The van der Waals surface area contributed by atoms with Gasteiger partial charge in [-0.2, -0.15) is 0 Å². The van der Waals surface area contributed by atoms with Gasteiger partial charge in [0.1, 0.15) is 11.3 Å². The highest BCUT2D eigenvalue weighted by Crippen LogP contribution is 2.15. The van der Waals surface area contributed by atoms with Gasteiger partial charge in [-0.15, -0.1) is 0 Å². The number of rotatable bonds is 4. The van der Waals surface area contributed by atoms with Crippen molar-refractivity contribution in [3.8, 4) is 0 Å². The number of nitrogens with zero attached hydrogens (tertiary/aromatic N) is 1. The Labute approximate surface area is 122 Å². The molecule has 0 saturated heterocycles. The Morgan fingerprint density at radius 1 is 1.19 bits per heavy atom. The largest absolute Gasteiger partial charge is 0.454 e. The number of aryl methyl sites for hydroxylation is 4. The zero-order chi connectivity index (χ0) is 15.6. The standard InChI is InChI=1S/C16H17NO4/c1-9-5-6-13(10(2)7-9)14(18)8-20-16(19)15-11(3)17-21-12(15)4/h5-7H,8H2,1-4H3. The summed E-state index contributed by atoms with van der Waals surface area (Å²) < 4.78 is 9.97. The summed E-state index contributed by atoms with van der Waals surface area (Å²) in [5.74, 6) is -0.437. The van der Waals surface area contributed by atoms with E-state index >= 15 is 0 Å². The first-order valence-corrected chi connectivity index (χ1v) is 6.60. The smallest absolute Gasteiger partial charge is 0.344 e. The van der Waals surface area contributed by atoms with Crippen molar-refractivity contribution < 1.29 is 18.8 Å². The van der Waals surface area contributed by atoms with Gasteiger partial charge in [-0.25, -0.2) is 4.79 Å². The molecule has 0 atom stereocenters. The normalized spacial score (nSPS) is 10.5. The quantitative estimate of drug-likeness (QED) is 0.638. The zero-order valence-electron chi connectivity index (χ0n) is 12.5. The highest BCUT2D eigenvalue weighted by Gasteiger charge is 2.20. The summed E-state index contributed by atoms with van der Waals surface area (Å²) in [5.41, 5.74) is 3.25. The minimum absolute atomic E-state index is 0.229. The fourth-order valence-electron chi connectivity index (χ4n) is 2.18. The second-order valence-corrected chi connectivity index (χ2v) is 5.02. The molecule has 0 spiro atoms. The van der Waals surface area contributed by atoms with Crippen molar-refractivity contribution in [1.82, 2.24) is 5.16 Å². The van der Waals surface area contributed by atoms with E-state index in [2.05, 4.69) is 5.16 Å². The number of ketones is 1. The molecule has 0 fully saturated rings. The molecule has 1 heterocycles. The Hall–Kier alpha value is -2.43. The number of aromatic nitrogens is 1. The molecule has 110 valence electrons. The van der Waals surface area contributed by atoms with Crippen LogP contribution in [-0.4, -0.2) is 23.5 Å². The summed E-state index contributed by atoms with van der Waals surface area (Å²) in [6, 6.07) is 5.52. The molecule has 21 heavy (non-hydrogen) atoms. The molecule has 0 radical (unpaired) electrons. The molecule has 5 heteroatoms. The Balaban J connectivity index is 2.06.